The van der Waals surface area contributed by atoms with E-state index in [1.165, 1.54) is 28.6 Å². The highest BCUT2D eigenvalue weighted by Crippen LogP contribution is 2.27. The minimum absolute atomic E-state index is 0.199. The fourth-order valence-corrected chi connectivity index (χ4v) is 5.31. The topological polar surface area (TPSA) is 60.9 Å². The number of piperidine rings is 1. The van der Waals surface area contributed by atoms with E-state index in [9.17, 15) is 17.6 Å². The molecule has 2 saturated heterocycles. The zero-order valence-electron chi connectivity index (χ0n) is 15.8. The largest absolute Gasteiger partial charge is 0.340 e. The Labute approximate surface area is 161 Å². The van der Waals surface area contributed by atoms with Crippen LogP contribution in [0.5, 0.6) is 0 Å². The summed E-state index contributed by atoms with van der Waals surface area (Å²) in [6, 6.07) is 5.50. The fourth-order valence-electron chi connectivity index (χ4n) is 3.77. The summed E-state index contributed by atoms with van der Waals surface area (Å²) in [7, 11) is -1.73. The van der Waals surface area contributed by atoms with Crippen LogP contribution in [0.1, 0.15) is 25.7 Å². The molecule has 2 fully saturated rings. The van der Waals surface area contributed by atoms with Gasteiger partial charge in [-0.25, -0.2) is 12.8 Å². The van der Waals surface area contributed by atoms with Gasteiger partial charge in [0.1, 0.15) is 10.7 Å². The number of benzene rings is 1. The molecule has 1 aromatic carbocycles. The average molecular weight is 398 g/mol. The summed E-state index contributed by atoms with van der Waals surface area (Å²) in [5, 5.41) is 0. The molecule has 0 aromatic heterocycles. The van der Waals surface area contributed by atoms with Crippen molar-refractivity contribution in [1.29, 1.82) is 0 Å². The zero-order valence-corrected chi connectivity index (χ0v) is 16.6. The number of nitrogens with zero attached hydrogens (tertiary/aromatic N) is 3. The molecule has 2 aliphatic rings. The molecule has 2 heterocycles. The number of rotatable bonds is 5. The van der Waals surface area contributed by atoms with E-state index < -0.39 is 15.8 Å². The highest BCUT2D eigenvalue weighted by atomic mass is 32.2. The smallest absolute Gasteiger partial charge is 0.245 e. The molecular formula is C19H28FN3O3S. The Morgan fingerprint density at radius 3 is 2.33 bits per heavy atom. The van der Waals surface area contributed by atoms with E-state index in [1.54, 1.807) is 0 Å². The maximum atomic E-state index is 13.9. The number of carbonyl (C=O) groups excluding carboxylic acids is 1. The van der Waals surface area contributed by atoms with Gasteiger partial charge >= 0.3 is 0 Å². The third-order valence-corrected chi connectivity index (χ3v) is 7.58. The minimum atomic E-state index is -3.79. The molecule has 8 heteroatoms. The first-order valence-electron chi connectivity index (χ1n) is 9.59. The predicted molar refractivity (Wildman–Crippen MR) is 101 cm³/mol. The summed E-state index contributed by atoms with van der Waals surface area (Å²) in [5.74, 6) is -0.171. The van der Waals surface area contributed by atoms with Gasteiger partial charge in [0.15, 0.2) is 0 Å². The van der Waals surface area contributed by atoms with Crippen molar-refractivity contribution in [2.24, 2.45) is 5.92 Å². The Balaban J connectivity index is 1.48. The zero-order chi connectivity index (χ0) is 19.4. The van der Waals surface area contributed by atoms with E-state index in [-0.39, 0.29) is 10.8 Å². The van der Waals surface area contributed by atoms with Gasteiger partial charge in [0.2, 0.25) is 15.9 Å². The monoisotopic (exact) mass is 397 g/mol. The van der Waals surface area contributed by atoms with Gasteiger partial charge in [0.25, 0.3) is 0 Å². The third kappa shape index (κ3) is 4.86. The van der Waals surface area contributed by atoms with Gasteiger partial charge in [0.05, 0.1) is 0 Å². The van der Waals surface area contributed by atoms with Crippen molar-refractivity contribution in [2.75, 3.05) is 46.3 Å². The molecule has 1 aromatic rings. The van der Waals surface area contributed by atoms with Gasteiger partial charge < -0.3 is 9.80 Å². The Morgan fingerprint density at radius 2 is 1.70 bits per heavy atom. The summed E-state index contributed by atoms with van der Waals surface area (Å²) in [4.78, 5) is 16.2. The molecule has 1 amide bonds. The van der Waals surface area contributed by atoms with E-state index in [2.05, 4.69) is 11.9 Å². The van der Waals surface area contributed by atoms with Crippen LogP contribution in [0.15, 0.2) is 29.2 Å². The second-order valence-corrected chi connectivity index (χ2v) is 9.41. The van der Waals surface area contributed by atoms with Crippen LogP contribution in [0.25, 0.3) is 0 Å². The summed E-state index contributed by atoms with van der Waals surface area (Å²) < 4.78 is 40.5. The number of likely N-dealkylation sites (N-methyl/N-ethyl adjacent to an activating group) is 1. The van der Waals surface area contributed by atoms with E-state index >= 15 is 0 Å². The number of carbonyl (C=O) groups is 1. The molecule has 0 atom stereocenters. The number of sulfonamides is 1. The van der Waals surface area contributed by atoms with Crippen LogP contribution < -0.4 is 0 Å². The number of piperazine rings is 1. The second kappa shape index (κ2) is 8.67. The molecule has 3 rings (SSSR count). The lowest BCUT2D eigenvalue weighted by atomic mass is 9.93. The second-order valence-electron chi connectivity index (χ2n) is 7.50. The summed E-state index contributed by atoms with van der Waals surface area (Å²) in [6.45, 7) is 4.16. The van der Waals surface area contributed by atoms with E-state index in [0.29, 0.717) is 38.3 Å². The Morgan fingerprint density at radius 1 is 1.07 bits per heavy atom. The summed E-state index contributed by atoms with van der Waals surface area (Å²) in [6.07, 6.45) is 2.74. The summed E-state index contributed by atoms with van der Waals surface area (Å²) in [5.41, 5.74) is 0. The van der Waals surface area contributed by atoms with E-state index in [0.717, 1.165) is 32.6 Å². The van der Waals surface area contributed by atoms with Crippen LogP contribution in [0, 0.1) is 11.7 Å². The van der Waals surface area contributed by atoms with Crippen molar-refractivity contribution in [3.63, 3.8) is 0 Å². The molecule has 2 aliphatic heterocycles. The highest BCUT2D eigenvalue weighted by molar-refractivity contribution is 7.89. The van der Waals surface area contributed by atoms with Crippen molar-refractivity contribution < 1.29 is 17.6 Å². The van der Waals surface area contributed by atoms with Gasteiger partial charge in [-0.2, -0.15) is 4.31 Å². The van der Waals surface area contributed by atoms with Crippen LogP contribution in [0.2, 0.25) is 0 Å². The first kappa shape index (κ1) is 20.2. The van der Waals surface area contributed by atoms with E-state index in [1.807, 2.05) is 4.90 Å². The Hall–Kier alpha value is -1.51. The minimum Gasteiger partial charge on any atom is -0.340 e. The molecule has 6 nitrogen and oxygen atoms in total. The summed E-state index contributed by atoms with van der Waals surface area (Å²) >= 11 is 0. The normalized spacial score (nSPS) is 20.7. The van der Waals surface area contributed by atoms with Gasteiger partial charge in [0, 0.05) is 45.7 Å². The predicted octanol–water partition coefficient (Wildman–Crippen LogP) is 1.78. The molecule has 0 saturated carbocycles. The van der Waals surface area contributed by atoms with Crippen molar-refractivity contribution in [2.45, 2.75) is 30.6 Å². The van der Waals surface area contributed by atoms with Crippen LogP contribution in [-0.2, 0) is 14.8 Å². The molecule has 27 heavy (non-hydrogen) atoms. The lowest BCUT2D eigenvalue weighted by Crippen LogP contribution is -2.47. The van der Waals surface area contributed by atoms with Crippen molar-refractivity contribution in [3.8, 4) is 0 Å². The van der Waals surface area contributed by atoms with Gasteiger partial charge in [-0.05, 0) is 44.4 Å². The third-order valence-electron chi connectivity index (χ3n) is 5.65. The molecule has 150 valence electrons. The number of hydrogen-bond donors (Lipinski definition) is 0. The Kier molecular flexibility index (Phi) is 6.49. The van der Waals surface area contributed by atoms with Crippen LogP contribution in [0.4, 0.5) is 4.39 Å². The van der Waals surface area contributed by atoms with Gasteiger partial charge in [-0.3, -0.25) is 4.79 Å². The van der Waals surface area contributed by atoms with Crippen molar-refractivity contribution in [3.05, 3.63) is 30.1 Å². The lowest BCUT2D eigenvalue weighted by Gasteiger charge is -2.34. The molecule has 0 bridgehead atoms. The molecule has 0 spiro atoms. The number of halogens is 1. The Bertz CT molecular complexity index is 755. The maximum absolute atomic E-state index is 13.9. The SMILES string of the molecule is CN1CCN(C(=O)CCC2CCN(S(=O)(=O)c3ccccc3F)CC2)CC1. The fraction of sp³-hybridized carbons (Fsp3) is 0.632. The van der Waals surface area contributed by atoms with Crippen LogP contribution >= 0.6 is 0 Å². The molecule has 0 aliphatic carbocycles. The molecule has 0 unspecified atom stereocenters. The standard InChI is InChI=1S/C19H28FN3O3S/c1-21-12-14-22(15-13-21)19(24)7-6-16-8-10-23(11-9-16)27(25,26)18-5-3-2-4-17(18)20/h2-5,16H,6-15H2,1H3. The number of amides is 1. The van der Waals surface area contributed by atoms with Crippen molar-refractivity contribution in [1.82, 2.24) is 14.1 Å². The van der Waals surface area contributed by atoms with Crippen molar-refractivity contribution >= 4 is 15.9 Å². The maximum Gasteiger partial charge on any atom is 0.245 e. The van der Waals surface area contributed by atoms with Crippen LogP contribution in [0.3, 0.4) is 0 Å². The molecule has 0 N–H and O–H groups in total. The first-order valence-corrected chi connectivity index (χ1v) is 11.0. The molecule has 0 radical (unpaired) electrons. The van der Waals surface area contributed by atoms with Gasteiger partial charge in [-0.1, -0.05) is 12.1 Å². The van der Waals surface area contributed by atoms with Gasteiger partial charge in [-0.15, -0.1) is 0 Å². The number of hydrogen-bond acceptors (Lipinski definition) is 4. The van der Waals surface area contributed by atoms with E-state index in [4.69, 9.17) is 0 Å². The highest BCUT2D eigenvalue weighted by Gasteiger charge is 2.31. The lowest BCUT2D eigenvalue weighted by molar-refractivity contribution is -0.133. The first-order chi connectivity index (χ1) is 12.9. The molecular weight excluding hydrogens is 369 g/mol. The average Bonchev–Trinajstić information content (AvgIpc) is 2.67. The quantitative estimate of drug-likeness (QED) is 0.760. The van der Waals surface area contributed by atoms with Crippen LogP contribution in [-0.4, -0.2) is 74.7 Å².